The van der Waals surface area contributed by atoms with Gasteiger partial charge in [0.25, 0.3) is 5.91 Å². The van der Waals surface area contributed by atoms with Crippen LogP contribution in [0.5, 0.6) is 0 Å². The van der Waals surface area contributed by atoms with Crippen LogP contribution in [0.15, 0.2) is 53.2 Å². The van der Waals surface area contributed by atoms with E-state index in [2.05, 4.69) is 33.8 Å². The Hall–Kier alpha value is -3.15. The molecule has 3 aromatic rings. The fourth-order valence-electron chi connectivity index (χ4n) is 2.34. The second-order valence-corrected chi connectivity index (χ2v) is 5.34. The minimum atomic E-state index is -0.337. The number of pyridine rings is 1. The van der Waals surface area contributed by atoms with Crippen molar-refractivity contribution in [3.05, 3.63) is 65.7 Å². The molecular formula is C18H18N4O2. The number of nitrogens with zero attached hydrogens (tertiary/aromatic N) is 2. The maximum atomic E-state index is 12.3. The molecule has 24 heavy (non-hydrogen) atoms. The third-order valence-corrected chi connectivity index (χ3v) is 3.54. The molecule has 6 heteroatoms. The second kappa shape index (κ2) is 6.95. The molecule has 122 valence electrons. The molecule has 0 radical (unpaired) electrons. The van der Waals surface area contributed by atoms with Crippen LogP contribution in [0.25, 0.3) is 0 Å². The van der Waals surface area contributed by atoms with Gasteiger partial charge in [0.05, 0.1) is 0 Å². The number of hydrogen-bond donors (Lipinski definition) is 2. The lowest BCUT2D eigenvalue weighted by Gasteiger charge is -2.11. The van der Waals surface area contributed by atoms with E-state index in [1.54, 1.807) is 25.3 Å². The first-order chi connectivity index (χ1) is 11.7. The summed E-state index contributed by atoms with van der Waals surface area (Å²) in [5.41, 5.74) is 3.32. The van der Waals surface area contributed by atoms with E-state index in [0.29, 0.717) is 17.3 Å². The summed E-state index contributed by atoms with van der Waals surface area (Å²) in [6.45, 7) is 3.86. The largest absolute Gasteiger partial charge is 0.360 e. The van der Waals surface area contributed by atoms with E-state index >= 15 is 0 Å². The van der Waals surface area contributed by atoms with Crippen LogP contribution in [-0.4, -0.2) is 16.0 Å². The first kappa shape index (κ1) is 15.7. The summed E-state index contributed by atoms with van der Waals surface area (Å²) < 4.78 is 4.93. The summed E-state index contributed by atoms with van der Waals surface area (Å²) in [5.74, 6) is 0.662. The van der Waals surface area contributed by atoms with Crippen molar-refractivity contribution in [3.63, 3.8) is 0 Å². The van der Waals surface area contributed by atoms with Crippen molar-refractivity contribution in [2.45, 2.75) is 20.3 Å². The standard InChI is InChI=1S/C18H18N4O2/c1-3-13-6-4-5-7-15(13)20-14-8-9-19-16(11-14)18(23)21-17-10-12(2)24-22-17/h4-11H,3H2,1-2H3,(H,19,20)(H,21,22,23). The molecule has 0 saturated heterocycles. The number of para-hydroxylation sites is 1. The zero-order valence-electron chi connectivity index (χ0n) is 13.5. The van der Waals surface area contributed by atoms with Crippen LogP contribution in [0.3, 0.4) is 0 Å². The summed E-state index contributed by atoms with van der Waals surface area (Å²) in [4.78, 5) is 16.4. The third-order valence-electron chi connectivity index (χ3n) is 3.54. The molecule has 0 atom stereocenters. The summed E-state index contributed by atoms with van der Waals surface area (Å²) in [6, 6.07) is 13.2. The topological polar surface area (TPSA) is 80.0 Å². The van der Waals surface area contributed by atoms with Crippen molar-refractivity contribution in [1.82, 2.24) is 10.1 Å². The molecular weight excluding hydrogens is 304 g/mol. The summed E-state index contributed by atoms with van der Waals surface area (Å²) in [5, 5.41) is 9.73. The van der Waals surface area contributed by atoms with Gasteiger partial charge in [-0.3, -0.25) is 9.78 Å². The minimum Gasteiger partial charge on any atom is -0.360 e. The number of rotatable bonds is 5. The van der Waals surface area contributed by atoms with Crippen molar-refractivity contribution in [1.29, 1.82) is 0 Å². The summed E-state index contributed by atoms with van der Waals surface area (Å²) in [6.07, 6.45) is 2.52. The average Bonchev–Trinajstić information content (AvgIpc) is 3.00. The number of benzene rings is 1. The van der Waals surface area contributed by atoms with Gasteiger partial charge in [-0.15, -0.1) is 0 Å². The van der Waals surface area contributed by atoms with Crippen LogP contribution < -0.4 is 10.6 Å². The molecule has 1 amide bonds. The van der Waals surface area contributed by atoms with Crippen molar-refractivity contribution in [2.75, 3.05) is 10.6 Å². The van der Waals surface area contributed by atoms with E-state index < -0.39 is 0 Å². The molecule has 2 heterocycles. The highest BCUT2D eigenvalue weighted by molar-refractivity contribution is 6.02. The van der Waals surface area contributed by atoms with Crippen molar-refractivity contribution >= 4 is 23.1 Å². The Labute approximate surface area is 139 Å². The number of aromatic nitrogens is 2. The molecule has 6 nitrogen and oxygen atoms in total. The van der Waals surface area contributed by atoms with Crippen LogP contribution in [-0.2, 0) is 6.42 Å². The van der Waals surface area contributed by atoms with Crippen LogP contribution in [0.1, 0.15) is 28.7 Å². The van der Waals surface area contributed by atoms with E-state index in [1.807, 2.05) is 24.3 Å². The SMILES string of the molecule is CCc1ccccc1Nc1ccnc(C(=O)Nc2cc(C)on2)c1. The lowest BCUT2D eigenvalue weighted by molar-refractivity contribution is 0.102. The van der Waals surface area contributed by atoms with Gasteiger partial charge >= 0.3 is 0 Å². The molecule has 0 saturated carbocycles. The quantitative estimate of drug-likeness (QED) is 0.744. The number of hydrogen-bond acceptors (Lipinski definition) is 5. The first-order valence-electron chi connectivity index (χ1n) is 7.71. The number of carbonyl (C=O) groups is 1. The van der Waals surface area contributed by atoms with Gasteiger partial charge in [-0.2, -0.15) is 0 Å². The second-order valence-electron chi connectivity index (χ2n) is 5.34. The molecule has 0 aliphatic heterocycles. The molecule has 0 spiro atoms. The van der Waals surface area contributed by atoms with Crippen molar-refractivity contribution < 1.29 is 9.32 Å². The van der Waals surface area contributed by atoms with Crippen LogP contribution in [0.2, 0.25) is 0 Å². The Bertz CT molecular complexity index is 857. The molecule has 1 aromatic carbocycles. The van der Waals surface area contributed by atoms with Crippen molar-refractivity contribution in [3.8, 4) is 0 Å². The number of amides is 1. The van der Waals surface area contributed by atoms with Gasteiger partial charge in [-0.05, 0) is 37.1 Å². The van der Waals surface area contributed by atoms with Crippen LogP contribution in [0, 0.1) is 6.92 Å². The molecule has 0 fully saturated rings. The zero-order chi connectivity index (χ0) is 16.9. The van der Waals surface area contributed by atoms with Crippen LogP contribution >= 0.6 is 0 Å². The summed E-state index contributed by atoms with van der Waals surface area (Å²) in [7, 11) is 0. The maximum Gasteiger partial charge on any atom is 0.275 e. The smallest absolute Gasteiger partial charge is 0.275 e. The highest BCUT2D eigenvalue weighted by Crippen LogP contribution is 2.21. The van der Waals surface area contributed by atoms with Gasteiger partial charge in [0.2, 0.25) is 0 Å². The van der Waals surface area contributed by atoms with Gasteiger partial charge in [0.1, 0.15) is 11.5 Å². The molecule has 0 aliphatic carbocycles. The zero-order valence-corrected chi connectivity index (χ0v) is 13.5. The van der Waals surface area contributed by atoms with Gasteiger partial charge in [0.15, 0.2) is 5.82 Å². The van der Waals surface area contributed by atoms with Gasteiger partial charge in [-0.25, -0.2) is 0 Å². The Morgan fingerprint density at radius 3 is 2.79 bits per heavy atom. The molecule has 3 rings (SSSR count). The highest BCUT2D eigenvalue weighted by atomic mass is 16.5. The predicted molar refractivity (Wildman–Crippen MR) is 92.5 cm³/mol. The third kappa shape index (κ3) is 3.60. The number of aryl methyl sites for hydroxylation is 2. The normalized spacial score (nSPS) is 10.4. The Kier molecular flexibility index (Phi) is 4.56. The fraction of sp³-hybridized carbons (Fsp3) is 0.167. The fourth-order valence-corrected chi connectivity index (χ4v) is 2.34. The van der Waals surface area contributed by atoms with E-state index in [0.717, 1.165) is 17.8 Å². The number of carbonyl (C=O) groups excluding carboxylic acids is 1. The van der Waals surface area contributed by atoms with Gasteiger partial charge in [0, 0.05) is 23.6 Å². The molecule has 2 aromatic heterocycles. The molecule has 2 N–H and O–H groups in total. The van der Waals surface area contributed by atoms with Gasteiger partial charge in [-0.1, -0.05) is 30.3 Å². The summed E-state index contributed by atoms with van der Waals surface area (Å²) >= 11 is 0. The molecule has 0 aliphatic rings. The predicted octanol–water partition coefficient (Wildman–Crippen LogP) is 3.94. The average molecular weight is 322 g/mol. The van der Waals surface area contributed by atoms with E-state index in [9.17, 15) is 4.79 Å². The monoisotopic (exact) mass is 322 g/mol. The Morgan fingerprint density at radius 1 is 1.21 bits per heavy atom. The van der Waals surface area contributed by atoms with Gasteiger partial charge < -0.3 is 15.2 Å². The number of nitrogens with one attached hydrogen (secondary N) is 2. The Morgan fingerprint density at radius 2 is 2.04 bits per heavy atom. The first-order valence-corrected chi connectivity index (χ1v) is 7.71. The lowest BCUT2D eigenvalue weighted by Crippen LogP contribution is -2.14. The number of anilines is 3. The van der Waals surface area contributed by atoms with E-state index in [-0.39, 0.29) is 5.91 Å². The minimum absolute atomic E-state index is 0.301. The Balaban J connectivity index is 1.77. The van der Waals surface area contributed by atoms with E-state index in [4.69, 9.17) is 4.52 Å². The van der Waals surface area contributed by atoms with Crippen molar-refractivity contribution in [2.24, 2.45) is 0 Å². The molecule has 0 unspecified atom stereocenters. The maximum absolute atomic E-state index is 12.3. The van der Waals surface area contributed by atoms with Crippen LogP contribution in [0.4, 0.5) is 17.2 Å². The molecule has 0 bridgehead atoms. The lowest BCUT2D eigenvalue weighted by atomic mass is 10.1. The van der Waals surface area contributed by atoms with E-state index in [1.165, 1.54) is 5.56 Å². The highest BCUT2D eigenvalue weighted by Gasteiger charge is 2.11.